The molecule has 0 saturated carbocycles. The molecule has 0 aliphatic carbocycles. The Morgan fingerprint density at radius 1 is 1.28 bits per heavy atom. The molecular formula is C11H12Br3N3O. The maximum Gasteiger partial charge on any atom is 0.326 e. The van der Waals surface area contributed by atoms with E-state index in [4.69, 9.17) is 0 Å². The number of aromatic nitrogens is 2. The fourth-order valence-electron chi connectivity index (χ4n) is 1.72. The molecule has 0 unspecified atom stereocenters. The van der Waals surface area contributed by atoms with Crippen molar-refractivity contribution in [3.63, 3.8) is 0 Å². The SMILES string of the molecule is CN(C)CCn1c(=O)[nH]c2c(Br)c(Br)c(Br)cc21. The van der Waals surface area contributed by atoms with Crippen LogP contribution in [0.3, 0.4) is 0 Å². The van der Waals surface area contributed by atoms with E-state index in [9.17, 15) is 4.79 Å². The summed E-state index contributed by atoms with van der Waals surface area (Å²) in [6.45, 7) is 1.48. The van der Waals surface area contributed by atoms with E-state index in [2.05, 4.69) is 52.8 Å². The molecule has 1 heterocycles. The summed E-state index contributed by atoms with van der Waals surface area (Å²) in [5.41, 5.74) is 1.62. The number of aromatic amines is 1. The Labute approximate surface area is 130 Å². The minimum Gasteiger partial charge on any atom is -0.308 e. The molecule has 1 aromatic heterocycles. The maximum absolute atomic E-state index is 12.0. The van der Waals surface area contributed by atoms with Crippen LogP contribution in [0.4, 0.5) is 0 Å². The molecule has 0 bridgehead atoms. The molecule has 2 aromatic rings. The van der Waals surface area contributed by atoms with Gasteiger partial charge in [-0.25, -0.2) is 4.79 Å². The van der Waals surface area contributed by atoms with Crippen molar-refractivity contribution in [2.75, 3.05) is 20.6 Å². The first-order valence-electron chi connectivity index (χ1n) is 5.32. The number of H-pyrrole nitrogens is 1. The van der Waals surface area contributed by atoms with Crippen LogP contribution in [0, 0.1) is 0 Å². The van der Waals surface area contributed by atoms with Crippen molar-refractivity contribution in [1.29, 1.82) is 0 Å². The summed E-state index contributed by atoms with van der Waals surface area (Å²) in [4.78, 5) is 16.9. The van der Waals surface area contributed by atoms with Crippen LogP contribution in [0.15, 0.2) is 24.3 Å². The lowest BCUT2D eigenvalue weighted by Crippen LogP contribution is -2.24. The van der Waals surface area contributed by atoms with Crippen molar-refractivity contribution in [3.05, 3.63) is 30.0 Å². The summed E-state index contributed by atoms with van der Waals surface area (Å²) in [5, 5.41) is 0. The zero-order valence-electron chi connectivity index (χ0n) is 9.93. The van der Waals surface area contributed by atoms with Crippen LogP contribution in [0.25, 0.3) is 11.0 Å². The van der Waals surface area contributed by atoms with Gasteiger partial charge in [-0.3, -0.25) is 4.57 Å². The lowest BCUT2D eigenvalue weighted by Gasteiger charge is -2.10. The van der Waals surface area contributed by atoms with Gasteiger partial charge in [-0.15, -0.1) is 0 Å². The largest absolute Gasteiger partial charge is 0.326 e. The van der Waals surface area contributed by atoms with E-state index in [0.29, 0.717) is 6.54 Å². The van der Waals surface area contributed by atoms with Crippen LogP contribution in [-0.2, 0) is 6.54 Å². The highest BCUT2D eigenvalue weighted by Crippen LogP contribution is 2.36. The monoisotopic (exact) mass is 439 g/mol. The van der Waals surface area contributed by atoms with E-state index in [1.54, 1.807) is 4.57 Å². The Bertz CT molecular complexity index is 645. The van der Waals surface area contributed by atoms with Gasteiger partial charge in [0.25, 0.3) is 0 Å². The molecule has 0 aliphatic heterocycles. The smallest absolute Gasteiger partial charge is 0.308 e. The second-order valence-electron chi connectivity index (χ2n) is 4.27. The fourth-order valence-corrected chi connectivity index (χ4v) is 3.23. The third-order valence-corrected chi connectivity index (χ3v) is 5.99. The molecule has 0 saturated heterocycles. The quantitative estimate of drug-likeness (QED) is 0.743. The summed E-state index contributed by atoms with van der Waals surface area (Å²) in [6.07, 6.45) is 0. The average Bonchev–Trinajstić information content (AvgIpc) is 2.60. The molecule has 2 rings (SSSR count). The minimum atomic E-state index is -0.0856. The Hall–Kier alpha value is -0.110. The molecule has 0 spiro atoms. The summed E-state index contributed by atoms with van der Waals surface area (Å²) >= 11 is 10.4. The third-order valence-electron chi connectivity index (χ3n) is 2.68. The van der Waals surface area contributed by atoms with Gasteiger partial charge in [0.2, 0.25) is 0 Å². The second kappa shape index (κ2) is 5.48. The van der Waals surface area contributed by atoms with Crippen LogP contribution in [0.1, 0.15) is 0 Å². The average molecular weight is 442 g/mol. The molecule has 0 aliphatic rings. The van der Waals surface area contributed by atoms with E-state index in [1.165, 1.54) is 0 Å². The van der Waals surface area contributed by atoms with Crippen LogP contribution in [0.2, 0.25) is 0 Å². The van der Waals surface area contributed by atoms with Gasteiger partial charge in [0.05, 0.1) is 15.5 Å². The number of likely N-dealkylation sites (N-methyl/N-ethyl adjacent to an activating group) is 1. The first-order valence-corrected chi connectivity index (χ1v) is 7.70. The standard InChI is InChI=1S/C11H12Br3N3O/c1-16(2)3-4-17-7-5-6(12)8(13)9(14)10(7)15-11(17)18/h5H,3-4H2,1-2H3,(H,15,18). The number of imidazole rings is 1. The van der Waals surface area contributed by atoms with Gasteiger partial charge in [-0.2, -0.15) is 0 Å². The Balaban J connectivity index is 2.61. The van der Waals surface area contributed by atoms with Crippen LogP contribution < -0.4 is 5.69 Å². The lowest BCUT2D eigenvalue weighted by atomic mass is 10.3. The highest BCUT2D eigenvalue weighted by Gasteiger charge is 2.14. The zero-order chi connectivity index (χ0) is 13.4. The van der Waals surface area contributed by atoms with Crippen LogP contribution in [0.5, 0.6) is 0 Å². The number of hydrogen-bond donors (Lipinski definition) is 1. The van der Waals surface area contributed by atoms with E-state index >= 15 is 0 Å². The second-order valence-corrected chi connectivity index (χ2v) is 6.71. The van der Waals surface area contributed by atoms with E-state index < -0.39 is 0 Å². The van der Waals surface area contributed by atoms with Gasteiger partial charge >= 0.3 is 5.69 Å². The number of fused-ring (bicyclic) bond motifs is 1. The van der Waals surface area contributed by atoms with E-state index in [1.807, 2.05) is 25.1 Å². The van der Waals surface area contributed by atoms with Crippen molar-refractivity contribution in [2.45, 2.75) is 6.54 Å². The Kier molecular flexibility index (Phi) is 4.36. The number of nitrogens with zero attached hydrogens (tertiary/aromatic N) is 2. The number of rotatable bonds is 3. The van der Waals surface area contributed by atoms with Gasteiger partial charge in [-0.1, -0.05) is 0 Å². The van der Waals surface area contributed by atoms with Gasteiger partial charge < -0.3 is 9.88 Å². The molecule has 7 heteroatoms. The molecule has 0 fully saturated rings. The Morgan fingerprint density at radius 3 is 2.56 bits per heavy atom. The number of nitrogens with one attached hydrogen (secondary N) is 1. The third kappa shape index (κ3) is 2.59. The van der Waals surface area contributed by atoms with Gasteiger partial charge in [0, 0.05) is 22.0 Å². The van der Waals surface area contributed by atoms with Crippen molar-refractivity contribution in [1.82, 2.24) is 14.5 Å². The van der Waals surface area contributed by atoms with Gasteiger partial charge in [-0.05, 0) is 68.0 Å². The first kappa shape index (κ1) is 14.3. The van der Waals surface area contributed by atoms with Crippen molar-refractivity contribution < 1.29 is 0 Å². The first-order chi connectivity index (χ1) is 8.41. The molecule has 98 valence electrons. The minimum absolute atomic E-state index is 0.0856. The van der Waals surface area contributed by atoms with Gasteiger partial charge in [0.1, 0.15) is 0 Å². The summed E-state index contributed by atoms with van der Waals surface area (Å²) in [7, 11) is 3.98. The van der Waals surface area contributed by atoms with E-state index in [-0.39, 0.29) is 5.69 Å². The molecule has 0 amide bonds. The predicted molar refractivity (Wildman–Crippen MR) is 84.2 cm³/mol. The van der Waals surface area contributed by atoms with Crippen molar-refractivity contribution in [3.8, 4) is 0 Å². The highest BCUT2D eigenvalue weighted by molar-refractivity contribution is 9.14. The summed E-state index contributed by atoms with van der Waals surface area (Å²) in [6, 6.07) is 1.94. The van der Waals surface area contributed by atoms with E-state index in [0.717, 1.165) is 31.0 Å². The molecule has 1 N–H and O–H groups in total. The molecular weight excluding hydrogens is 430 g/mol. The van der Waals surface area contributed by atoms with Crippen LogP contribution in [-0.4, -0.2) is 35.1 Å². The fraction of sp³-hybridized carbons (Fsp3) is 0.364. The number of hydrogen-bond acceptors (Lipinski definition) is 2. The maximum atomic E-state index is 12.0. The van der Waals surface area contributed by atoms with Gasteiger partial charge in [0.15, 0.2) is 0 Å². The summed E-state index contributed by atoms with van der Waals surface area (Å²) < 4.78 is 4.42. The number of benzene rings is 1. The zero-order valence-corrected chi connectivity index (χ0v) is 14.7. The number of halogens is 3. The normalized spacial score (nSPS) is 11.7. The van der Waals surface area contributed by atoms with Crippen molar-refractivity contribution >= 4 is 58.8 Å². The lowest BCUT2D eigenvalue weighted by molar-refractivity contribution is 0.384. The predicted octanol–water partition coefficient (Wildman–Crippen LogP) is 3.18. The molecule has 18 heavy (non-hydrogen) atoms. The van der Waals surface area contributed by atoms with Crippen molar-refractivity contribution in [2.24, 2.45) is 0 Å². The molecule has 0 radical (unpaired) electrons. The van der Waals surface area contributed by atoms with Crippen LogP contribution >= 0.6 is 47.8 Å². The molecule has 1 aromatic carbocycles. The molecule has 4 nitrogen and oxygen atoms in total. The Morgan fingerprint density at radius 2 is 1.94 bits per heavy atom. The topological polar surface area (TPSA) is 41.0 Å². The highest BCUT2D eigenvalue weighted by atomic mass is 79.9. The molecule has 0 atom stereocenters. The summed E-state index contributed by atoms with van der Waals surface area (Å²) in [5.74, 6) is 0.